The molecule has 0 bridgehead atoms. The van der Waals surface area contributed by atoms with Crippen molar-refractivity contribution in [1.82, 2.24) is 5.43 Å². The predicted molar refractivity (Wildman–Crippen MR) is 102 cm³/mol. The van der Waals surface area contributed by atoms with Gasteiger partial charge in [0.05, 0.1) is 17.2 Å². The van der Waals surface area contributed by atoms with Gasteiger partial charge in [-0.25, -0.2) is 5.43 Å². The lowest BCUT2D eigenvalue weighted by atomic mass is 10.2. The number of nitrogens with zero attached hydrogens (tertiary/aromatic N) is 1. The molecule has 23 heavy (non-hydrogen) atoms. The van der Waals surface area contributed by atoms with Gasteiger partial charge in [0.15, 0.2) is 0 Å². The van der Waals surface area contributed by atoms with Gasteiger partial charge in [-0.2, -0.15) is 5.10 Å². The van der Waals surface area contributed by atoms with E-state index in [-0.39, 0.29) is 18.2 Å². The number of phenols is 1. The molecular weight excluding hydrogens is 494 g/mol. The lowest BCUT2D eigenvalue weighted by Crippen LogP contribution is -2.25. The van der Waals surface area contributed by atoms with Gasteiger partial charge in [-0.1, -0.05) is 31.9 Å². The van der Waals surface area contributed by atoms with Crippen molar-refractivity contribution in [3.05, 3.63) is 55.4 Å². The van der Waals surface area contributed by atoms with Gasteiger partial charge < -0.3 is 10.4 Å². The summed E-state index contributed by atoms with van der Waals surface area (Å²) in [6.07, 6.45) is 1.38. The second-order valence-corrected chi connectivity index (χ2v) is 7.16. The Morgan fingerprint density at radius 2 is 1.83 bits per heavy atom. The zero-order valence-electron chi connectivity index (χ0n) is 11.7. The topological polar surface area (TPSA) is 73.7 Å². The zero-order valence-corrected chi connectivity index (χ0v) is 16.4. The third kappa shape index (κ3) is 5.63. The van der Waals surface area contributed by atoms with E-state index in [4.69, 9.17) is 0 Å². The van der Waals surface area contributed by atoms with Crippen LogP contribution in [0.3, 0.4) is 0 Å². The summed E-state index contributed by atoms with van der Waals surface area (Å²) in [5, 5.41) is 16.7. The van der Waals surface area contributed by atoms with Crippen LogP contribution in [0.2, 0.25) is 0 Å². The van der Waals surface area contributed by atoms with E-state index in [0.717, 1.165) is 14.6 Å². The second-order valence-electron chi connectivity index (χ2n) is 4.48. The zero-order chi connectivity index (χ0) is 16.8. The average Bonchev–Trinajstić information content (AvgIpc) is 2.51. The molecule has 0 aliphatic heterocycles. The number of amides is 1. The Bertz CT molecular complexity index is 733. The van der Waals surface area contributed by atoms with Crippen LogP contribution in [0.15, 0.2) is 54.9 Å². The maximum atomic E-state index is 11.7. The molecule has 2 aromatic carbocycles. The van der Waals surface area contributed by atoms with Crippen LogP contribution in [-0.4, -0.2) is 23.8 Å². The molecule has 0 saturated carbocycles. The normalized spacial score (nSPS) is 10.7. The van der Waals surface area contributed by atoms with E-state index in [1.165, 1.54) is 6.21 Å². The highest BCUT2D eigenvalue weighted by Gasteiger charge is 2.05. The highest BCUT2D eigenvalue weighted by atomic mass is 79.9. The van der Waals surface area contributed by atoms with Crippen LogP contribution in [0.25, 0.3) is 0 Å². The predicted octanol–water partition coefficient (Wildman–Crippen LogP) is 4.24. The van der Waals surface area contributed by atoms with Crippen LogP contribution >= 0.6 is 47.8 Å². The fourth-order valence-electron chi connectivity index (χ4n) is 1.65. The number of anilines is 1. The third-order valence-electron chi connectivity index (χ3n) is 2.75. The first-order chi connectivity index (χ1) is 11.0. The molecule has 0 aliphatic rings. The highest BCUT2D eigenvalue weighted by molar-refractivity contribution is 9.11. The first-order valence-corrected chi connectivity index (χ1v) is 8.83. The minimum Gasteiger partial charge on any atom is -0.506 e. The summed E-state index contributed by atoms with van der Waals surface area (Å²) in [7, 11) is 0. The smallest absolute Gasteiger partial charge is 0.259 e. The summed E-state index contributed by atoms with van der Waals surface area (Å²) in [5.41, 5.74) is 3.71. The number of nitrogens with one attached hydrogen (secondary N) is 2. The van der Waals surface area contributed by atoms with Crippen LogP contribution in [0.1, 0.15) is 5.56 Å². The van der Waals surface area contributed by atoms with Crippen molar-refractivity contribution in [2.75, 3.05) is 11.9 Å². The SMILES string of the molecule is O=C(CNc1ccc(Br)cc1)N/N=C\c1cc(Br)cc(Br)c1O. The molecule has 0 heterocycles. The molecule has 3 N–H and O–H groups in total. The van der Waals surface area contributed by atoms with Gasteiger partial charge in [0, 0.05) is 20.2 Å². The minimum absolute atomic E-state index is 0.0548. The van der Waals surface area contributed by atoms with Crippen LogP contribution < -0.4 is 10.7 Å². The number of hydrogen-bond acceptors (Lipinski definition) is 4. The number of hydrazone groups is 1. The Hall–Kier alpha value is -1.38. The Morgan fingerprint density at radius 1 is 1.13 bits per heavy atom. The molecule has 2 aromatic rings. The van der Waals surface area contributed by atoms with Crippen molar-refractivity contribution < 1.29 is 9.90 Å². The fourth-order valence-corrected chi connectivity index (χ4v) is 3.17. The molecule has 1 amide bonds. The van der Waals surface area contributed by atoms with Gasteiger partial charge in [-0.05, 0) is 52.3 Å². The van der Waals surface area contributed by atoms with Gasteiger partial charge in [0.2, 0.25) is 0 Å². The molecular formula is C15H12Br3N3O2. The Labute approximate surface area is 158 Å². The average molecular weight is 506 g/mol. The lowest BCUT2D eigenvalue weighted by Gasteiger charge is -2.05. The van der Waals surface area contributed by atoms with Crippen LogP contribution in [0.4, 0.5) is 5.69 Å². The molecule has 120 valence electrons. The molecule has 2 rings (SSSR count). The van der Waals surface area contributed by atoms with E-state index < -0.39 is 0 Å². The van der Waals surface area contributed by atoms with Gasteiger partial charge >= 0.3 is 0 Å². The van der Waals surface area contributed by atoms with Crippen molar-refractivity contribution in [2.45, 2.75) is 0 Å². The van der Waals surface area contributed by atoms with Gasteiger partial charge in [0.1, 0.15) is 5.75 Å². The molecule has 0 spiro atoms. The van der Waals surface area contributed by atoms with Gasteiger partial charge in [0.25, 0.3) is 5.91 Å². The molecule has 0 unspecified atom stereocenters. The minimum atomic E-state index is -0.294. The van der Waals surface area contributed by atoms with Crippen molar-refractivity contribution >= 4 is 65.6 Å². The first-order valence-electron chi connectivity index (χ1n) is 6.45. The standard InChI is InChI=1S/C15H12Br3N3O2/c16-10-1-3-12(4-2-10)19-8-14(22)21-20-7-9-5-11(17)6-13(18)15(9)23/h1-7,19,23H,8H2,(H,21,22)/b20-7-. The molecule has 5 nitrogen and oxygen atoms in total. The molecule has 0 atom stereocenters. The van der Waals surface area contributed by atoms with Crippen molar-refractivity contribution in [2.24, 2.45) is 5.10 Å². The number of hydrogen-bond donors (Lipinski definition) is 3. The summed E-state index contributed by atoms with van der Waals surface area (Å²) >= 11 is 9.90. The van der Waals surface area contributed by atoms with Crippen LogP contribution in [0.5, 0.6) is 5.75 Å². The summed E-state index contributed by atoms with van der Waals surface area (Å²) in [4.78, 5) is 11.7. The number of halogens is 3. The van der Waals surface area contributed by atoms with Crippen LogP contribution in [-0.2, 0) is 4.79 Å². The number of aromatic hydroxyl groups is 1. The highest BCUT2D eigenvalue weighted by Crippen LogP contribution is 2.30. The molecule has 0 saturated heterocycles. The third-order valence-corrected chi connectivity index (χ3v) is 4.34. The number of carbonyl (C=O) groups is 1. The second kappa shape index (κ2) is 8.47. The van der Waals surface area contributed by atoms with Crippen LogP contribution in [0, 0.1) is 0 Å². The molecule has 0 aromatic heterocycles. The van der Waals surface area contributed by atoms with Crippen molar-refractivity contribution in [1.29, 1.82) is 0 Å². The van der Waals surface area contributed by atoms with E-state index in [1.54, 1.807) is 12.1 Å². The largest absolute Gasteiger partial charge is 0.506 e. The number of phenolic OH excluding ortho intramolecular Hbond substituents is 1. The van der Waals surface area contributed by atoms with E-state index >= 15 is 0 Å². The Kier molecular flexibility index (Phi) is 6.61. The summed E-state index contributed by atoms with van der Waals surface area (Å²) in [6, 6.07) is 10.9. The van der Waals surface area contributed by atoms with Crippen molar-refractivity contribution in [3.63, 3.8) is 0 Å². The van der Waals surface area contributed by atoms with Crippen molar-refractivity contribution in [3.8, 4) is 5.75 Å². The van der Waals surface area contributed by atoms with E-state index in [9.17, 15) is 9.90 Å². The summed E-state index contributed by atoms with van der Waals surface area (Å²) < 4.78 is 2.29. The Balaban J connectivity index is 1.88. The maximum absolute atomic E-state index is 11.7. The lowest BCUT2D eigenvalue weighted by molar-refractivity contribution is -0.119. The fraction of sp³-hybridized carbons (Fsp3) is 0.0667. The summed E-state index contributed by atoms with van der Waals surface area (Å²) in [5.74, 6) is -0.239. The first kappa shape index (κ1) is 18.0. The number of carbonyl (C=O) groups excluding carboxylic acids is 1. The van der Waals surface area contributed by atoms with E-state index in [1.807, 2.05) is 24.3 Å². The molecule has 0 aliphatic carbocycles. The van der Waals surface area contributed by atoms with Gasteiger partial charge in [-0.3, -0.25) is 4.79 Å². The monoisotopic (exact) mass is 503 g/mol. The number of benzene rings is 2. The molecule has 0 fully saturated rings. The Morgan fingerprint density at radius 3 is 2.52 bits per heavy atom. The summed E-state index contributed by atoms with van der Waals surface area (Å²) in [6.45, 7) is 0.0904. The van der Waals surface area contributed by atoms with Gasteiger partial charge in [-0.15, -0.1) is 0 Å². The maximum Gasteiger partial charge on any atom is 0.259 e. The molecule has 8 heteroatoms. The number of rotatable bonds is 5. The quantitative estimate of drug-likeness (QED) is 0.420. The van der Waals surface area contributed by atoms with E-state index in [2.05, 4.69) is 63.6 Å². The molecule has 0 radical (unpaired) electrons. The van der Waals surface area contributed by atoms with E-state index in [0.29, 0.717) is 10.0 Å².